The summed E-state index contributed by atoms with van der Waals surface area (Å²) >= 11 is 6.22. The van der Waals surface area contributed by atoms with Gasteiger partial charge in [0.25, 0.3) is 5.91 Å². The number of carbonyl (C=O) groups is 1. The fourth-order valence-corrected chi connectivity index (χ4v) is 2.62. The van der Waals surface area contributed by atoms with Crippen molar-refractivity contribution in [3.63, 3.8) is 0 Å². The third-order valence-corrected chi connectivity index (χ3v) is 4.27. The first-order valence-electron chi connectivity index (χ1n) is 8.12. The number of carbonyl (C=O) groups excluding carboxylic acids is 1. The number of nitrogens with one attached hydrogen (secondary N) is 1. The summed E-state index contributed by atoms with van der Waals surface area (Å²) in [7, 11) is 0. The van der Waals surface area contributed by atoms with Gasteiger partial charge < -0.3 is 19.5 Å². The first-order chi connectivity index (χ1) is 12.0. The molecule has 0 aromatic heterocycles. The Labute approximate surface area is 151 Å². The highest BCUT2D eigenvalue weighted by molar-refractivity contribution is 6.34. The quantitative estimate of drug-likeness (QED) is 0.889. The van der Waals surface area contributed by atoms with Crippen molar-refractivity contribution in [1.29, 1.82) is 0 Å². The van der Waals surface area contributed by atoms with Crippen LogP contribution in [-0.4, -0.2) is 25.7 Å². The van der Waals surface area contributed by atoms with E-state index in [0.717, 1.165) is 12.0 Å². The number of hydrogen-bond acceptors (Lipinski definition) is 4. The second-order valence-corrected chi connectivity index (χ2v) is 6.32. The summed E-state index contributed by atoms with van der Waals surface area (Å²) < 4.78 is 16.7. The van der Waals surface area contributed by atoms with E-state index in [4.69, 9.17) is 25.8 Å². The second kappa shape index (κ2) is 7.66. The minimum absolute atomic E-state index is 0.104. The highest BCUT2D eigenvalue weighted by Gasteiger charge is 2.15. The van der Waals surface area contributed by atoms with E-state index in [0.29, 0.717) is 41.2 Å². The average Bonchev–Trinajstić information content (AvgIpc) is 2.81. The maximum absolute atomic E-state index is 12.2. The smallest absolute Gasteiger partial charge is 0.262 e. The molecule has 5 nitrogen and oxygen atoms in total. The molecule has 0 fully saturated rings. The molecule has 0 atom stereocenters. The molecule has 1 N–H and O–H groups in total. The molecule has 0 spiro atoms. The van der Waals surface area contributed by atoms with Crippen LogP contribution in [0.15, 0.2) is 30.3 Å². The summed E-state index contributed by atoms with van der Waals surface area (Å²) in [4.78, 5) is 12.2. The summed E-state index contributed by atoms with van der Waals surface area (Å²) in [6, 6.07) is 9.04. The Morgan fingerprint density at radius 2 is 1.84 bits per heavy atom. The number of rotatable bonds is 4. The Morgan fingerprint density at radius 1 is 1.12 bits per heavy atom. The monoisotopic (exact) mass is 361 g/mol. The standard InChI is InChI=1S/C19H20ClNO4/c1-12-4-5-14(8-13(12)2)25-11-19(22)21-16-10-18-17(9-15(16)20)23-6-3-7-24-18/h4-5,8-10H,3,6-7,11H2,1-2H3,(H,21,22). The number of halogens is 1. The number of anilines is 1. The number of benzene rings is 2. The molecular weight excluding hydrogens is 342 g/mol. The lowest BCUT2D eigenvalue weighted by molar-refractivity contribution is -0.118. The van der Waals surface area contributed by atoms with Crippen LogP contribution in [0, 0.1) is 13.8 Å². The maximum atomic E-state index is 12.2. The normalized spacial score (nSPS) is 13.1. The lowest BCUT2D eigenvalue weighted by Crippen LogP contribution is -2.20. The zero-order valence-electron chi connectivity index (χ0n) is 14.2. The molecule has 0 bridgehead atoms. The average molecular weight is 362 g/mol. The molecule has 2 aromatic rings. The molecule has 1 aliphatic rings. The lowest BCUT2D eigenvalue weighted by Gasteiger charge is -2.13. The first kappa shape index (κ1) is 17.4. The summed E-state index contributed by atoms with van der Waals surface area (Å²) in [6.07, 6.45) is 0.803. The molecule has 0 aliphatic carbocycles. The fourth-order valence-electron chi connectivity index (χ4n) is 2.42. The van der Waals surface area contributed by atoms with Gasteiger partial charge >= 0.3 is 0 Å². The second-order valence-electron chi connectivity index (χ2n) is 5.91. The molecular formula is C19H20ClNO4. The largest absolute Gasteiger partial charge is 0.490 e. The summed E-state index contributed by atoms with van der Waals surface area (Å²) in [5.41, 5.74) is 2.76. The Kier molecular flexibility index (Phi) is 5.34. The third-order valence-electron chi connectivity index (χ3n) is 3.96. The molecule has 132 valence electrons. The van der Waals surface area contributed by atoms with Gasteiger partial charge in [0.1, 0.15) is 5.75 Å². The number of aryl methyl sites for hydroxylation is 2. The topological polar surface area (TPSA) is 56.8 Å². The molecule has 0 saturated carbocycles. The fraction of sp³-hybridized carbons (Fsp3) is 0.316. The van der Waals surface area contributed by atoms with Crippen LogP contribution >= 0.6 is 11.6 Å². The zero-order valence-corrected chi connectivity index (χ0v) is 15.0. The summed E-state index contributed by atoms with van der Waals surface area (Å²) in [5.74, 6) is 1.52. The number of amides is 1. The van der Waals surface area contributed by atoms with E-state index < -0.39 is 0 Å². The minimum atomic E-state index is -0.297. The van der Waals surface area contributed by atoms with Crippen molar-refractivity contribution in [3.05, 3.63) is 46.5 Å². The molecule has 1 amide bonds. The van der Waals surface area contributed by atoms with Gasteiger partial charge in [0.15, 0.2) is 18.1 Å². The van der Waals surface area contributed by atoms with Crippen LogP contribution in [0.4, 0.5) is 5.69 Å². The lowest BCUT2D eigenvalue weighted by atomic mass is 10.1. The maximum Gasteiger partial charge on any atom is 0.262 e. The number of hydrogen-bond donors (Lipinski definition) is 1. The SMILES string of the molecule is Cc1ccc(OCC(=O)Nc2cc3c(cc2Cl)OCCCO3)cc1C. The van der Waals surface area contributed by atoms with Gasteiger partial charge in [0.2, 0.25) is 0 Å². The van der Waals surface area contributed by atoms with E-state index in [-0.39, 0.29) is 12.5 Å². The summed E-state index contributed by atoms with van der Waals surface area (Å²) in [5, 5.41) is 3.14. The molecule has 0 saturated heterocycles. The molecule has 0 unspecified atom stereocenters. The molecule has 2 aromatic carbocycles. The van der Waals surface area contributed by atoms with Crippen LogP contribution in [0.25, 0.3) is 0 Å². The van der Waals surface area contributed by atoms with Gasteiger partial charge in [-0.15, -0.1) is 0 Å². The number of fused-ring (bicyclic) bond motifs is 1. The van der Waals surface area contributed by atoms with Crippen molar-refractivity contribution in [2.75, 3.05) is 25.1 Å². The zero-order chi connectivity index (χ0) is 17.8. The predicted molar refractivity (Wildman–Crippen MR) is 97.1 cm³/mol. The molecule has 0 radical (unpaired) electrons. The van der Waals surface area contributed by atoms with Crippen molar-refractivity contribution in [2.45, 2.75) is 20.3 Å². The van der Waals surface area contributed by atoms with Crippen molar-refractivity contribution in [3.8, 4) is 17.2 Å². The van der Waals surface area contributed by atoms with E-state index in [2.05, 4.69) is 5.32 Å². The van der Waals surface area contributed by atoms with Crippen molar-refractivity contribution in [1.82, 2.24) is 0 Å². The number of ether oxygens (including phenoxy) is 3. The Bertz CT molecular complexity index is 791. The summed E-state index contributed by atoms with van der Waals surface area (Å²) in [6.45, 7) is 5.07. The van der Waals surface area contributed by atoms with Gasteiger partial charge in [-0.2, -0.15) is 0 Å². The molecule has 6 heteroatoms. The third kappa shape index (κ3) is 4.37. The van der Waals surface area contributed by atoms with E-state index >= 15 is 0 Å². The van der Waals surface area contributed by atoms with Gasteiger partial charge in [0.05, 0.1) is 23.9 Å². The van der Waals surface area contributed by atoms with E-state index in [9.17, 15) is 4.79 Å². The van der Waals surface area contributed by atoms with Gasteiger partial charge in [-0.1, -0.05) is 17.7 Å². The molecule has 1 heterocycles. The van der Waals surface area contributed by atoms with Crippen LogP contribution in [0.2, 0.25) is 5.02 Å². The van der Waals surface area contributed by atoms with Crippen LogP contribution in [0.1, 0.15) is 17.5 Å². The van der Waals surface area contributed by atoms with E-state index in [1.165, 1.54) is 5.56 Å². The van der Waals surface area contributed by atoms with Gasteiger partial charge in [0, 0.05) is 18.6 Å². The Balaban J connectivity index is 1.64. The van der Waals surface area contributed by atoms with Crippen LogP contribution < -0.4 is 19.5 Å². The highest BCUT2D eigenvalue weighted by Crippen LogP contribution is 2.37. The van der Waals surface area contributed by atoms with E-state index in [1.54, 1.807) is 12.1 Å². The van der Waals surface area contributed by atoms with Crippen molar-refractivity contribution >= 4 is 23.2 Å². The van der Waals surface area contributed by atoms with Crippen molar-refractivity contribution in [2.24, 2.45) is 0 Å². The molecule has 3 rings (SSSR count). The Hall–Kier alpha value is -2.40. The van der Waals surface area contributed by atoms with Crippen LogP contribution in [0.5, 0.6) is 17.2 Å². The molecule has 1 aliphatic heterocycles. The van der Waals surface area contributed by atoms with Crippen molar-refractivity contribution < 1.29 is 19.0 Å². The van der Waals surface area contributed by atoms with Gasteiger partial charge in [-0.25, -0.2) is 0 Å². The predicted octanol–water partition coefficient (Wildman–Crippen LogP) is 4.14. The Morgan fingerprint density at radius 3 is 2.56 bits per heavy atom. The highest BCUT2D eigenvalue weighted by atomic mass is 35.5. The minimum Gasteiger partial charge on any atom is -0.490 e. The van der Waals surface area contributed by atoms with Gasteiger partial charge in [-0.3, -0.25) is 4.79 Å². The molecule has 25 heavy (non-hydrogen) atoms. The van der Waals surface area contributed by atoms with Gasteiger partial charge in [-0.05, 0) is 37.1 Å². The van der Waals surface area contributed by atoms with E-state index in [1.807, 2.05) is 32.0 Å². The van der Waals surface area contributed by atoms with Crippen LogP contribution in [0.3, 0.4) is 0 Å². The van der Waals surface area contributed by atoms with Crippen LogP contribution in [-0.2, 0) is 4.79 Å². The first-order valence-corrected chi connectivity index (χ1v) is 8.50.